The summed E-state index contributed by atoms with van der Waals surface area (Å²) < 4.78 is 5.21. The molecule has 1 aromatic rings. The zero-order valence-electron chi connectivity index (χ0n) is 11.5. The molecular weight excluding hydrogens is 258 g/mol. The molecule has 0 heterocycles. The summed E-state index contributed by atoms with van der Waals surface area (Å²) in [6, 6.07) is 8.38. The van der Waals surface area contributed by atoms with Crippen molar-refractivity contribution in [3.8, 4) is 11.8 Å². The lowest BCUT2D eigenvalue weighted by Crippen LogP contribution is -2.44. The largest absolute Gasteiger partial charge is 0.484 e. The van der Waals surface area contributed by atoms with E-state index >= 15 is 0 Å². The molecule has 6 heteroatoms. The zero-order valence-corrected chi connectivity index (χ0v) is 11.5. The van der Waals surface area contributed by atoms with E-state index < -0.39 is 5.91 Å². The van der Waals surface area contributed by atoms with Gasteiger partial charge in [-0.2, -0.15) is 5.26 Å². The molecule has 0 aromatic heterocycles. The van der Waals surface area contributed by atoms with Gasteiger partial charge in [0.05, 0.1) is 11.6 Å². The molecule has 0 saturated carbocycles. The molecule has 106 valence electrons. The van der Waals surface area contributed by atoms with Gasteiger partial charge >= 0.3 is 0 Å². The number of nitrogens with zero attached hydrogens (tertiary/aromatic N) is 1. The number of hydrazine groups is 1. The topological polar surface area (TPSA) is 91.2 Å². The van der Waals surface area contributed by atoms with Gasteiger partial charge in [0, 0.05) is 6.42 Å². The van der Waals surface area contributed by atoms with Crippen LogP contribution in [0, 0.1) is 17.2 Å². The second-order valence-electron chi connectivity index (χ2n) is 4.62. The highest BCUT2D eigenvalue weighted by atomic mass is 16.5. The second-order valence-corrected chi connectivity index (χ2v) is 4.62. The van der Waals surface area contributed by atoms with Crippen molar-refractivity contribution >= 4 is 11.8 Å². The first kappa shape index (κ1) is 15.5. The number of carbonyl (C=O) groups is 2. The van der Waals surface area contributed by atoms with Gasteiger partial charge in [-0.3, -0.25) is 20.4 Å². The predicted molar refractivity (Wildman–Crippen MR) is 72.4 cm³/mol. The molecule has 0 aliphatic heterocycles. The van der Waals surface area contributed by atoms with Crippen LogP contribution < -0.4 is 15.6 Å². The Labute approximate surface area is 117 Å². The Morgan fingerprint density at radius 2 is 1.80 bits per heavy atom. The van der Waals surface area contributed by atoms with E-state index in [0.717, 1.165) is 0 Å². The monoisotopic (exact) mass is 275 g/mol. The van der Waals surface area contributed by atoms with Crippen molar-refractivity contribution in [3.63, 3.8) is 0 Å². The molecule has 0 aliphatic rings. The predicted octanol–water partition coefficient (Wildman–Crippen LogP) is 1.13. The maximum absolute atomic E-state index is 11.4. The van der Waals surface area contributed by atoms with Crippen LogP contribution in [0.15, 0.2) is 24.3 Å². The number of nitrogens with one attached hydrogen (secondary N) is 2. The van der Waals surface area contributed by atoms with Gasteiger partial charge in [-0.1, -0.05) is 13.8 Å². The van der Waals surface area contributed by atoms with Crippen molar-refractivity contribution in [1.82, 2.24) is 10.9 Å². The first-order valence-corrected chi connectivity index (χ1v) is 6.22. The van der Waals surface area contributed by atoms with Crippen molar-refractivity contribution in [3.05, 3.63) is 29.8 Å². The first-order chi connectivity index (χ1) is 9.51. The molecule has 0 fully saturated rings. The summed E-state index contributed by atoms with van der Waals surface area (Å²) in [5, 5.41) is 8.64. The molecule has 0 radical (unpaired) electrons. The van der Waals surface area contributed by atoms with Crippen molar-refractivity contribution in [2.45, 2.75) is 20.3 Å². The van der Waals surface area contributed by atoms with Crippen molar-refractivity contribution in [1.29, 1.82) is 5.26 Å². The van der Waals surface area contributed by atoms with E-state index in [2.05, 4.69) is 10.9 Å². The third kappa shape index (κ3) is 5.87. The van der Waals surface area contributed by atoms with Crippen molar-refractivity contribution in [2.24, 2.45) is 5.92 Å². The number of hydrogen-bond donors (Lipinski definition) is 2. The molecule has 0 aliphatic carbocycles. The normalized spacial score (nSPS) is 9.70. The highest BCUT2D eigenvalue weighted by Gasteiger charge is 2.07. The van der Waals surface area contributed by atoms with Crippen LogP contribution >= 0.6 is 0 Å². The van der Waals surface area contributed by atoms with Crippen molar-refractivity contribution < 1.29 is 14.3 Å². The summed E-state index contributed by atoms with van der Waals surface area (Å²) in [5.41, 5.74) is 5.09. The van der Waals surface area contributed by atoms with Crippen molar-refractivity contribution in [2.75, 3.05) is 6.61 Å². The van der Waals surface area contributed by atoms with E-state index in [1.165, 1.54) is 0 Å². The van der Waals surface area contributed by atoms with E-state index in [1.807, 2.05) is 19.9 Å². The second kappa shape index (κ2) is 7.79. The van der Waals surface area contributed by atoms with E-state index in [4.69, 9.17) is 10.00 Å². The van der Waals surface area contributed by atoms with Crippen LogP contribution in [0.1, 0.15) is 25.8 Å². The fourth-order valence-corrected chi connectivity index (χ4v) is 1.37. The fourth-order valence-electron chi connectivity index (χ4n) is 1.37. The molecule has 1 rings (SSSR count). The Bertz CT molecular complexity index is 503. The molecule has 2 amide bonds. The van der Waals surface area contributed by atoms with Crippen LogP contribution in [0.3, 0.4) is 0 Å². The number of ether oxygens (including phenoxy) is 1. The Morgan fingerprint density at radius 1 is 1.20 bits per heavy atom. The van der Waals surface area contributed by atoms with E-state index in [9.17, 15) is 9.59 Å². The van der Waals surface area contributed by atoms with Gasteiger partial charge in [0.1, 0.15) is 5.75 Å². The summed E-state index contributed by atoms with van der Waals surface area (Å²) in [4.78, 5) is 22.7. The minimum Gasteiger partial charge on any atom is -0.484 e. The lowest BCUT2D eigenvalue weighted by molar-refractivity contribution is -0.130. The Kier molecular flexibility index (Phi) is 6.04. The van der Waals surface area contributed by atoms with Gasteiger partial charge < -0.3 is 4.74 Å². The molecule has 6 nitrogen and oxygen atoms in total. The third-order valence-electron chi connectivity index (χ3n) is 2.29. The van der Waals surface area contributed by atoms with Gasteiger partial charge in [0.25, 0.3) is 5.91 Å². The SMILES string of the molecule is CC(C)CC(=O)NNC(=O)COc1ccc(C#N)cc1. The first-order valence-electron chi connectivity index (χ1n) is 6.22. The van der Waals surface area contributed by atoms with Crippen LogP contribution in [0.4, 0.5) is 0 Å². The van der Waals surface area contributed by atoms with Crippen LogP contribution in [-0.2, 0) is 9.59 Å². The molecule has 20 heavy (non-hydrogen) atoms. The number of rotatable bonds is 5. The molecule has 0 bridgehead atoms. The van der Waals surface area contributed by atoms with E-state index in [1.54, 1.807) is 24.3 Å². The van der Waals surface area contributed by atoms with Crippen LogP contribution in [-0.4, -0.2) is 18.4 Å². The lowest BCUT2D eigenvalue weighted by atomic mass is 10.1. The smallest absolute Gasteiger partial charge is 0.276 e. The van der Waals surface area contributed by atoms with Crippen LogP contribution in [0.25, 0.3) is 0 Å². The molecule has 0 atom stereocenters. The van der Waals surface area contributed by atoms with Gasteiger partial charge in [0.2, 0.25) is 5.91 Å². The third-order valence-corrected chi connectivity index (χ3v) is 2.29. The van der Waals surface area contributed by atoms with Crippen LogP contribution in [0.5, 0.6) is 5.75 Å². The zero-order chi connectivity index (χ0) is 15.0. The Morgan fingerprint density at radius 3 is 2.35 bits per heavy atom. The van der Waals surface area contributed by atoms with Gasteiger partial charge in [-0.15, -0.1) is 0 Å². The highest BCUT2D eigenvalue weighted by Crippen LogP contribution is 2.11. The average molecular weight is 275 g/mol. The number of amides is 2. The minimum atomic E-state index is -0.452. The fraction of sp³-hybridized carbons (Fsp3) is 0.357. The highest BCUT2D eigenvalue weighted by molar-refractivity contribution is 5.82. The summed E-state index contributed by atoms with van der Waals surface area (Å²) in [5.74, 6) is 0.00708. The number of carbonyl (C=O) groups excluding carboxylic acids is 2. The average Bonchev–Trinajstić information content (AvgIpc) is 2.42. The Hall–Kier alpha value is -2.55. The van der Waals surface area contributed by atoms with Crippen LogP contribution in [0.2, 0.25) is 0 Å². The molecule has 0 spiro atoms. The van der Waals surface area contributed by atoms with E-state index in [-0.39, 0.29) is 18.4 Å². The number of nitriles is 1. The van der Waals surface area contributed by atoms with Gasteiger partial charge in [-0.05, 0) is 30.2 Å². The summed E-state index contributed by atoms with van der Waals surface area (Å²) in [6.45, 7) is 3.61. The maximum Gasteiger partial charge on any atom is 0.276 e. The summed E-state index contributed by atoms with van der Waals surface area (Å²) in [6.07, 6.45) is 0.344. The standard InChI is InChI=1S/C14H17N3O3/c1-10(2)7-13(18)16-17-14(19)9-20-12-5-3-11(8-15)4-6-12/h3-6,10H,7,9H2,1-2H3,(H,16,18)(H,17,19). The molecule has 1 aromatic carbocycles. The molecular formula is C14H17N3O3. The number of hydrogen-bond acceptors (Lipinski definition) is 4. The quantitative estimate of drug-likeness (QED) is 0.788. The number of benzene rings is 1. The summed E-state index contributed by atoms with van der Waals surface area (Å²) >= 11 is 0. The maximum atomic E-state index is 11.4. The van der Waals surface area contributed by atoms with Gasteiger partial charge in [-0.25, -0.2) is 0 Å². The van der Waals surface area contributed by atoms with Gasteiger partial charge in [0.15, 0.2) is 6.61 Å². The Balaban J connectivity index is 2.29. The van der Waals surface area contributed by atoms with E-state index in [0.29, 0.717) is 17.7 Å². The summed E-state index contributed by atoms with van der Waals surface area (Å²) in [7, 11) is 0. The lowest BCUT2D eigenvalue weighted by Gasteiger charge is -2.09. The molecule has 0 saturated heterocycles. The molecule has 0 unspecified atom stereocenters. The molecule has 2 N–H and O–H groups in total. The minimum absolute atomic E-state index is 0.214.